The second kappa shape index (κ2) is 9.85. The highest BCUT2D eigenvalue weighted by molar-refractivity contribution is 7.89. The van der Waals surface area contributed by atoms with E-state index in [0.29, 0.717) is 5.56 Å². The maximum absolute atomic E-state index is 13.1. The lowest BCUT2D eigenvalue weighted by Gasteiger charge is -2.35. The van der Waals surface area contributed by atoms with Crippen LogP contribution in [0.2, 0.25) is 0 Å². The molecule has 4 rings (SSSR count). The van der Waals surface area contributed by atoms with E-state index in [0.717, 1.165) is 27.1 Å². The summed E-state index contributed by atoms with van der Waals surface area (Å²) in [5.74, 6) is -2.83. The summed E-state index contributed by atoms with van der Waals surface area (Å²) < 4.78 is 37.7. The zero-order chi connectivity index (χ0) is 26.0. The average molecular weight is 509 g/mol. The lowest BCUT2D eigenvalue weighted by molar-refractivity contribution is -0.139. The van der Waals surface area contributed by atoms with Gasteiger partial charge in [0.05, 0.1) is 42.2 Å². The number of allylic oxidation sites excluding steroid dienone is 1. The van der Waals surface area contributed by atoms with Gasteiger partial charge in [0, 0.05) is 11.7 Å². The maximum Gasteiger partial charge on any atom is 0.355 e. The first-order valence-electron chi connectivity index (χ1n) is 11.0. The largest absolute Gasteiger partial charge is 0.466 e. The SMILES string of the molecule is COC(=O)C1=C(C(=O)OC)N(c2ccc(S(=O)(=O)NC3CC3)cc2)C(N)=C(C#N)C1c1ccccc1. The lowest BCUT2D eigenvalue weighted by Crippen LogP contribution is -2.40. The van der Waals surface area contributed by atoms with Crippen molar-refractivity contribution in [3.63, 3.8) is 0 Å². The predicted molar refractivity (Wildman–Crippen MR) is 129 cm³/mol. The van der Waals surface area contributed by atoms with Crippen LogP contribution in [0, 0.1) is 11.3 Å². The van der Waals surface area contributed by atoms with Gasteiger partial charge in [0.1, 0.15) is 11.5 Å². The van der Waals surface area contributed by atoms with E-state index in [1.807, 2.05) is 0 Å². The van der Waals surface area contributed by atoms with Crippen LogP contribution < -0.4 is 15.4 Å². The molecular weight excluding hydrogens is 484 g/mol. The molecule has 10 nitrogen and oxygen atoms in total. The van der Waals surface area contributed by atoms with Crippen LogP contribution in [0.3, 0.4) is 0 Å². The Kier molecular flexibility index (Phi) is 6.83. The van der Waals surface area contributed by atoms with Crippen LogP contribution in [0.5, 0.6) is 0 Å². The number of carbonyl (C=O) groups excluding carboxylic acids is 2. The minimum absolute atomic E-state index is 0.0151. The van der Waals surface area contributed by atoms with Gasteiger partial charge in [-0.2, -0.15) is 5.26 Å². The minimum atomic E-state index is -3.72. The molecule has 11 heteroatoms. The molecule has 2 aromatic rings. The van der Waals surface area contributed by atoms with Gasteiger partial charge in [0.25, 0.3) is 0 Å². The van der Waals surface area contributed by atoms with Crippen LogP contribution in [-0.2, 0) is 29.1 Å². The molecule has 1 fully saturated rings. The summed E-state index contributed by atoms with van der Waals surface area (Å²) in [5, 5.41) is 10.1. The van der Waals surface area contributed by atoms with Crippen molar-refractivity contribution in [2.75, 3.05) is 19.1 Å². The summed E-state index contributed by atoms with van der Waals surface area (Å²) in [6.07, 6.45) is 1.57. The third kappa shape index (κ3) is 4.56. The molecule has 0 radical (unpaired) electrons. The number of methoxy groups -OCH3 is 2. The molecule has 1 saturated carbocycles. The number of nitriles is 1. The van der Waals surface area contributed by atoms with Crippen molar-refractivity contribution in [3.05, 3.63) is 82.8 Å². The first-order valence-corrected chi connectivity index (χ1v) is 12.5. The highest BCUT2D eigenvalue weighted by Crippen LogP contribution is 2.43. The molecular formula is C25H24N4O6S. The van der Waals surface area contributed by atoms with Crippen LogP contribution in [0.4, 0.5) is 5.69 Å². The van der Waals surface area contributed by atoms with E-state index in [4.69, 9.17) is 15.2 Å². The molecule has 36 heavy (non-hydrogen) atoms. The van der Waals surface area contributed by atoms with Crippen molar-refractivity contribution in [2.45, 2.75) is 29.7 Å². The van der Waals surface area contributed by atoms with E-state index in [-0.39, 0.29) is 39.3 Å². The Balaban J connectivity index is 1.91. The summed E-state index contributed by atoms with van der Waals surface area (Å²) in [6.45, 7) is 0. The molecule has 0 saturated heterocycles. The number of anilines is 1. The summed E-state index contributed by atoms with van der Waals surface area (Å²) in [4.78, 5) is 27.3. The van der Waals surface area contributed by atoms with E-state index in [1.54, 1.807) is 30.3 Å². The Morgan fingerprint density at radius 1 is 1.03 bits per heavy atom. The number of sulfonamides is 1. The van der Waals surface area contributed by atoms with Crippen molar-refractivity contribution >= 4 is 27.6 Å². The van der Waals surface area contributed by atoms with Gasteiger partial charge in [-0.25, -0.2) is 22.7 Å². The Hall–Kier alpha value is -4.14. The second-order valence-electron chi connectivity index (χ2n) is 8.22. The van der Waals surface area contributed by atoms with Gasteiger partial charge < -0.3 is 15.2 Å². The van der Waals surface area contributed by atoms with Gasteiger partial charge in [-0.3, -0.25) is 4.90 Å². The van der Waals surface area contributed by atoms with Gasteiger partial charge in [-0.1, -0.05) is 30.3 Å². The van der Waals surface area contributed by atoms with Crippen molar-refractivity contribution in [1.29, 1.82) is 5.26 Å². The van der Waals surface area contributed by atoms with Crippen LogP contribution in [-0.4, -0.2) is 40.6 Å². The maximum atomic E-state index is 13.1. The number of carbonyl (C=O) groups is 2. The molecule has 2 aromatic carbocycles. The van der Waals surface area contributed by atoms with Crippen molar-refractivity contribution in [3.8, 4) is 6.07 Å². The van der Waals surface area contributed by atoms with Crippen LogP contribution in [0.1, 0.15) is 24.3 Å². The van der Waals surface area contributed by atoms with Crippen molar-refractivity contribution in [2.24, 2.45) is 5.73 Å². The van der Waals surface area contributed by atoms with E-state index in [1.165, 1.54) is 29.2 Å². The topological polar surface area (TPSA) is 152 Å². The number of esters is 2. The highest BCUT2D eigenvalue weighted by Gasteiger charge is 2.43. The fraction of sp³-hybridized carbons (Fsp3) is 0.240. The van der Waals surface area contributed by atoms with Gasteiger partial charge >= 0.3 is 11.9 Å². The number of benzene rings is 2. The minimum Gasteiger partial charge on any atom is -0.466 e. The summed E-state index contributed by atoms with van der Waals surface area (Å²) in [7, 11) is -1.41. The Morgan fingerprint density at radius 3 is 2.17 bits per heavy atom. The van der Waals surface area contributed by atoms with Crippen LogP contribution in [0.15, 0.2) is 82.2 Å². The standard InChI is InChI=1S/C25H24N4O6S/c1-34-24(30)21-20(15-6-4-3-5-7-15)19(14-26)23(27)29(22(21)25(31)35-2)17-10-12-18(13-11-17)36(32,33)28-16-8-9-16/h3-7,10-13,16,20,28H,8-9,27H2,1-2H3. The lowest BCUT2D eigenvalue weighted by atomic mass is 9.81. The molecule has 3 N–H and O–H groups in total. The molecule has 0 bridgehead atoms. The molecule has 0 amide bonds. The number of hydrogen-bond acceptors (Lipinski definition) is 9. The molecule has 186 valence electrons. The Morgan fingerprint density at radius 2 is 1.64 bits per heavy atom. The zero-order valence-electron chi connectivity index (χ0n) is 19.6. The number of ether oxygens (including phenoxy) is 2. The third-order valence-electron chi connectivity index (χ3n) is 5.91. The zero-order valence-corrected chi connectivity index (χ0v) is 20.4. The second-order valence-corrected chi connectivity index (χ2v) is 9.94. The number of nitrogens with one attached hydrogen (secondary N) is 1. The number of rotatable bonds is 7. The van der Waals surface area contributed by atoms with Crippen LogP contribution in [0.25, 0.3) is 0 Å². The quantitative estimate of drug-likeness (QED) is 0.535. The number of nitrogens with two attached hydrogens (primary N) is 1. The Labute approximate surface area is 208 Å². The molecule has 1 heterocycles. The molecule has 1 unspecified atom stereocenters. The van der Waals surface area contributed by atoms with E-state index in [2.05, 4.69) is 10.8 Å². The fourth-order valence-corrected chi connectivity index (χ4v) is 5.35. The summed E-state index contributed by atoms with van der Waals surface area (Å²) >= 11 is 0. The Bertz CT molecular complexity index is 1400. The van der Waals surface area contributed by atoms with Crippen molar-refractivity contribution < 1.29 is 27.5 Å². The smallest absolute Gasteiger partial charge is 0.355 e. The first kappa shape index (κ1) is 25.0. The highest BCUT2D eigenvalue weighted by atomic mass is 32.2. The molecule has 1 atom stereocenters. The molecule has 0 aromatic heterocycles. The van der Waals surface area contributed by atoms with Crippen molar-refractivity contribution in [1.82, 2.24) is 4.72 Å². The third-order valence-corrected chi connectivity index (χ3v) is 7.45. The number of hydrogen-bond donors (Lipinski definition) is 2. The predicted octanol–water partition coefficient (Wildman–Crippen LogP) is 2.03. The number of nitrogens with zero attached hydrogens (tertiary/aromatic N) is 2. The van der Waals surface area contributed by atoms with E-state index in [9.17, 15) is 23.3 Å². The van der Waals surface area contributed by atoms with Gasteiger partial charge in [-0.15, -0.1) is 0 Å². The molecule has 2 aliphatic rings. The summed E-state index contributed by atoms with van der Waals surface area (Å²) in [5.41, 5.74) is 6.88. The van der Waals surface area contributed by atoms with Gasteiger partial charge in [0.2, 0.25) is 10.0 Å². The van der Waals surface area contributed by atoms with Gasteiger partial charge in [-0.05, 0) is 42.7 Å². The molecule has 1 aliphatic carbocycles. The van der Waals surface area contributed by atoms with E-state index >= 15 is 0 Å². The first-order chi connectivity index (χ1) is 17.2. The summed E-state index contributed by atoms with van der Waals surface area (Å²) in [6, 6.07) is 16.2. The fourth-order valence-electron chi connectivity index (χ4n) is 4.04. The average Bonchev–Trinajstić information content (AvgIpc) is 3.70. The van der Waals surface area contributed by atoms with Gasteiger partial charge in [0.15, 0.2) is 0 Å². The van der Waals surface area contributed by atoms with E-state index < -0.39 is 27.9 Å². The molecule has 0 spiro atoms. The monoisotopic (exact) mass is 508 g/mol. The molecule has 1 aliphatic heterocycles. The normalized spacial score (nSPS) is 18.0. The van der Waals surface area contributed by atoms with Crippen LogP contribution >= 0.6 is 0 Å².